The molecule has 5 nitrogen and oxygen atoms in total. The lowest BCUT2D eigenvalue weighted by Crippen LogP contribution is -2.39. The third-order valence-corrected chi connectivity index (χ3v) is 5.14. The first kappa shape index (κ1) is 14.6. The predicted molar refractivity (Wildman–Crippen MR) is 86.6 cm³/mol. The standard InChI is InChI=1S/C17H21FN4O/c1-22-15-5-2-11(18)9-14(15)20-17(22)21-16(23)8-10-6-12-3-4-13(7-10)19-12/h2,5,9-10,12-13,19H,3-4,6-8H2,1H3,(H,20,21,23). The van der Waals surface area contributed by atoms with Crippen LogP contribution in [0.5, 0.6) is 0 Å². The molecule has 3 heterocycles. The van der Waals surface area contributed by atoms with Gasteiger partial charge < -0.3 is 9.88 Å². The highest BCUT2D eigenvalue weighted by Gasteiger charge is 2.34. The van der Waals surface area contributed by atoms with Crippen molar-refractivity contribution in [3.05, 3.63) is 24.0 Å². The molecule has 6 heteroatoms. The van der Waals surface area contributed by atoms with Crippen molar-refractivity contribution in [3.63, 3.8) is 0 Å². The minimum atomic E-state index is -0.321. The lowest BCUT2D eigenvalue weighted by atomic mass is 9.89. The molecule has 2 bridgehead atoms. The number of rotatable bonds is 3. The van der Waals surface area contributed by atoms with Crippen LogP contribution in [0.1, 0.15) is 32.1 Å². The molecule has 122 valence electrons. The van der Waals surface area contributed by atoms with Gasteiger partial charge in [0.25, 0.3) is 0 Å². The fourth-order valence-corrected chi connectivity index (χ4v) is 4.06. The Morgan fingerprint density at radius 1 is 1.39 bits per heavy atom. The van der Waals surface area contributed by atoms with E-state index >= 15 is 0 Å². The Kier molecular flexibility index (Phi) is 3.56. The molecule has 2 fully saturated rings. The highest BCUT2D eigenvalue weighted by atomic mass is 19.1. The van der Waals surface area contributed by atoms with Crippen LogP contribution in [0.3, 0.4) is 0 Å². The molecule has 1 aromatic heterocycles. The van der Waals surface area contributed by atoms with Crippen molar-refractivity contribution in [2.75, 3.05) is 5.32 Å². The first-order valence-corrected chi connectivity index (χ1v) is 8.26. The van der Waals surface area contributed by atoms with E-state index in [-0.39, 0.29) is 11.7 Å². The molecule has 0 spiro atoms. The Balaban J connectivity index is 1.45. The molecule has 2 atom stereocenters. The summed E-state index contributed by atoms with van der Waals surface area (Å²) >= 11 is 0. The molecule has 2 aliphatic rings. The van der Waals surface area contributed by atoms with Gasteiger partial charge in [-0.1, -0.05) is 0 Å². The number of aryl methyl sites for hydroxylation is 1. The van der Waals surface area contributed by atoms with Crippen molar-refractivity contribution in [1.29, 1.82) is 0 Å². The van der Waals surface area contributed by atoms with E-state index in [1.807, 2.05) is 7.05 Å². The maximum absolute atomic E-state index is 13.3. The van der Waals surface area contributed by atoms with Crippen molar-refractivity contribution in [2.45, 2.75) is 44.2 Å². The van der Waals surface area contributed by atoms with Crippen molar-refractivity contribution >= 4 is 22.9 Å². The molecule has 2 aromatic rings. The highest BCUT2D eigenvalue weighted by molar-refractivity contribution is 5.91. The molecule has 2 aliphatic heterocycles. The molecule has 0 aliphatic carbocycles. The van der Waals surface area contributed by atoms with Crippen molar-refractivity contribution < 1.29 is 9.18 Å². The summed E-state index contributed by atoms with van der Waals surface area (Å²) in [6.07, 6.45) is 5.17. The van der Waals surface area contributed by atoms with Crippen LogP contribution in [-0.4, -0.2) is 27.5 Å². The van der Waals surface area contributed by atoms with Crippen molar-refractivity contribution in [3.8, 4) is 0 Å². The summed E-state index contributed by atoms with van der Waals surface area (Å²) in [5, 5.41) is 6.48. The Labute approximate surface area is 134 Å². The normalized spacial score (nSPS) is 26.6. The van der Waals surface area contributed by atoms with Gasteiger partial charge in [0.15, 0.2) is 0 Å². The van der Waals surface area contributed by atoms with Gasteiger partial charge in [-0.2, -0.15) is 0 Å². The Morgan fingerprint density at radius 2 is 2.13 bits per heavy atom. The second kappa shape index (κ2) is 5.60. The van der Waals surface area contributed by atoms with Gasteiger partial charge in [-0.3, -0.25) is 10.1 Å². The maximum Gasteiger partial charge on any atom is 0.226 e. The molecule has 0 saturated carbocycles. The van der Waals surface area contributed by atoms with Gasteiger partial charge in [0.1, 0.15) is 5.82 Å². The SMILES string of the molecule is Cn1c(NC(=O)CC2CC3CCC(C2)N3)nc2cc(F)ccc21. The Bertz CT molecular complexity index is 744. The number of anilines is 1. The number of fused-ring (bicyclic) bond motifs is 3. The van der Waals surface area contributed by atoms with Gasteiger partial charge in [0.05, 0.1) is 11.0 Å². The molecular formula is C17H21FN4O. The van der Waals surface area contributed by atoms with Crippen LogP contribution in [0.15, 0.2) is 18.2 Å². The summed E-state index contributed by atoms with van der Waals surface area (Å²) in [7, 11) is 1.83. The largest absolute Gasteiger partial charge is 0.313 e. The first-order chi connectivity index (χ1) is 11.1. The molecule has 4 rings (SSSR count). The van der Waals surface area contributed by atoms with Crippen LogP contribution in [0.25, 0.3) is 11.0 Å². The maximum atomic E-state index is 13.3. The number of piperidine rings is 1. The molecular weight excluding hydrogens is 295 g/mol. The van der Waals surface area contributed by atoms with Crippen LogP contribution in [-0.2, 0) is 11.8 Å². The number of hydrogen-bond acceptors (Lipinski definition) is 3. The average molecular weight is 316 g/mol. The molecule has 2 N–H and O–H groups in total. The monoisotopic (exact) mass is 316 g/mol. The van der Waals surface area contributed by atoms with E-state index in [1.54, 1.807) is 10.6 Å². The quantitative estimate of drug-likeness (QED) is 0.915. The van der Waals surface area contributed by atoms with Gasteiger partial charge in [-0.05, 0) is 43.7 Å². The fraction of sp³-hybridized carbons (Fsp3) is 0.529. The van der Waals surface area contributed by atoms with Crippen LogP contribution >= 0.6 is 0 Å². The van der Waals surface area contributed by atoms with E-state index in [0.717, 1.165) is 18.4 Å². The number of benzene rings is 1. The number of aromatic nitrogens is 2. The summed E-state index contributed by atoms with van der Waals surface area (Å²) in [5.41, 5.74) is 1.37. The predicted octanol–water partition coefficient (Wildman–Crippen LogP) is 2.57. The number of carbonyl (C=O) groups excluding carboxylic acids is 1. The molecule has 2 saturated heterocycles. The summed E-state index contributed by atoms with van der Waals surface area (Å²) < 4.78 is 15.1. The van der Waals surface area contributed by atoms with Gasteiger partial charge in [0.2, 0.25) is 11.9 Å². The summed E-state index contributed by atoms with van der Waals surface area (Å²) in [6.45, 7) is 0. The second-order valence-corrected chi connectivity index (χ2v) is 6.86. The van der Waals surface area contributed by atoms with Crippen molar-refractivity contribution in [1.82, 2.24) is 14.9 Å². The van der Waals surface area contributed by atoms with E-state index < -0.39 is 0 Å². The molecule has 1 aromatic carbocycles. The van der Waals surface area contributed by atoms with E-state index in [1.165, 1.54) is 25.0 Å². The lowest BCUT2D eigenvalue weighted by molar-refractivity contribution is -0.117. The van der Waals surface area contributed by atoms with Crippen molar-refractivity contribution in [2.24, 2.45) is 13.0 Å². The average Bonchev–Trinajstić information content (AvgIpc) is 2.99. The minimum absolute atomic E-state index is 0.00446. The molecule has 0 radical (unpaired) electrons. The number of nitrogens with zero attached hydrogens (tertiary/aromatic N) is 2. The fourth-order valence-electron chi connectivity index (χ4n) is 4.06. The Hall–Kier alpha value is -1.95. The summed E-state index contributed by atoms with van der Waals surface area (Å²) in [5.74, 6) is 0.599. The van der Waals surface area contributed by atoms with E-state index in [9.17, 15) is 9.18 Å². The van der Waals surface area contributed by atoms with Gasteiger partial charge >= 0.3 is 0 Å². The van der Waals surface area contributed by atoms with E-state index in [4.69, 9.17) is 0 Å². The first-order valence-electron chi connectivity index (χ1n) is 8.26. The van der Waals surface area contributed by atoms with Gasteiger partial charge in [0, 0.05) is 31.6 Å². The third kappa shape index (κ3) is 2.83. The van der Waals surface area contributed by atoms with Crippen LogP contribution in [0.4, 0.5) is 10.3 Å². The zero-order valence-corrected chi connectivity index (χ0v) is 13.2. The number of carbonyl (C=O) groups is 1. The highest BCUT2D eigenvalue weighted by Crippen LogP contribution is 2.32. The summed E-state index contributed by atoms with van der Waals surface area (Å²) in [4.78, 5) is 16.7. The molecule has 2 unspecified atom stereocenters. The number of halogens is 1. The van der Waals surface area contributed by atoms with Crippen LogP contribution in [0, 0.1) is 11.7 Å². The lowest BCUT2D eigenvalue weighted by Gasteiger charge is -2.28. The Morgan fingerprint density at radius 3 is 2.87 bits per heavy atom. The number of amides is 1. The molecule has 1 amide bonds. The van der Waals surface area contributed by atoms with Crippen LogP contribution in [0.2, 0.25) is 0 Å². The zero-order chi connectivity index (χ0) is 16.0. The number of imidazole rings is 1. The van der Waals surface area contributed by atoms with Gasteiger partial charge in [-0.15, -0.1) is 0 Å². The van der Waals surface area contributed by atoms with E-state index in [2.05, 4.69) is 15.6 Å². The van der Waals surface area contributed by atoms with Gasteiger partial charge in [-0.25, -0.2) is 9.37 Å². The third-order valence-electron chi connectivity index (χ3n) is 5.14. The topological polar surface area (TPSA) is 59.0 Å². The smallest absolute Gasteiger partial charge is 0.226 e. The number of hydrogen-bond donors (Lipinski definition) is 2. The van der Waals surface area contributed by atoms with Crippen LogP contribution < -0.4 is 10.6 Å². The number of nitrogens with one attached hydrogen (secondary N) is 2. The van der Waals surface area contributed by atoms with E-state index in [0.29, 0.717) is 35.9 Å². The molecule has 23 heavy (non-hydrogen) atoms. The minimum Gasteiger partial charge on any atom is -0.313 e. The summed E-state index contributed by atoms with van der Waals surface area (Å²) in [6, 6.07) is 5.64. The zero-order valence-electron chi connectivity index (χ0n) is 13.2. The second-order valence-electron chi connectivity index (χ2n) is 6.86.